The number of nitrogens with zero attached hydrogens (tertiary/aromatic N) is 2. The van der Waals surface area contributed by atoms with Crippen LogP contribution in [0.15, 0.2) is 42.5 Å². The zero-order valence-corrected chi connectivity index (χ0v) is 16.2. The van der Waals surface area contributed by atoms with Crippen molar-refractivity contribution >= 4 is 23.3 Å². The van der Waals surface area contributed by atoms with Crippen molar-refractivity contribution in [2.24, 2.45) is 0 Å². The molecule has 0 bridgehead atoms. The summed E-state index contributed by atoms with van der Waals surface area (Å²) in [6.07, 6.45) is 0.585. The number of rotatable bonds is 3. The van der Waals surface area contributed by atoms with E-state index in [1.165, 1.54) is 0 Å². The molecule has 1 atom stereocenters. The first-order valence-electron chi connectivity index (χ1n) is 9.15. The Kier molecular flexibility index (Phi) is 4.37. The Morgan fingerprint density at radius 3 is 2.61 bits per heavy atom. The van der Waals surface area contributed by atoms with Crippen molar-refractivity contribution in [2.45, 2.75) is 11.8 Å². The van der Waals surface area contributed by atoms with Gasteiger partial charge >= 0.3 is 6.03 Å². The molecule has 2 heterocycles. The highest BCUT2D eigenvalue weighted by atomic mass is 16.5. The second-order valence-electron chi connectivity index (χ2n) is 7.16. The summed E-state index contributed by atoms with van der Waals surface area (Å²) in [6.45, 7) is 0.845. The number of likely N-dealkylation sites (N-methyl/N-ethyl adjacent to an activating group) is 1. The summed E-state index contributed by atoms with van der Waals surface area (Å²) in [5, 5.41) is 2.89. The number of carbonyl (C=O) groups is 2. The van der Waals surface area contributed by atoms with Crippen LogP contribution >= 0.6 is 0 Å². The normalized spacial score (nSPS) is 20.5. The lowest BCUT2D eigenvalue weighted by atomic mass is 9.81. The minimum atomic E-state index is -0.718. The summed E-state index contributed by atoms with van der Waals surface area (Å²) in [5.74, 6) is 1.40. The Bertz CT molecular complexity index is 945. The first kappa shape index (κ1) is 18.2. The molecule has 0 saturated carbocycles. The Labute approximate surface area is 163 Å². The molecule has 1 N–H and O–H groups in total. The SMILES string of the molecule is COc1cccc(NC(=O)N2CCC3(C2)C(=O)N(C)c2ccc(OC)cc23)c1. The molecule has 0 aliphatic carbocycles. The van der Waals surface area contributed by atoms with Gasteiger partial charge in [-0.1, -0.05) is 6.07 Å². The van der Waals surface area contributed by atoms with Gasteiger partial charge in [0.15, 0.2) is 0 Å². The Balaban J connectivity index is 1.58. The Hall–Kier alpha value is -3.22. The van der Waals surface area contributed by atoms with Crippen LogP contribution in [0.4, 0.5) is 16.2 Å². The number of anilines is 2. The lowest BCUT2D eigenvalue weighted by Crippen LogP contribution is -2.42. The first-order chi connectivity index (χ1) is 13.5. The molecule has 4 rings (SSSR count). The van der Waals surface area contributed by atoms with E-state index >= 15 is 0 Å². The zero-order chi connectivity index (χ0) is 19.9. The molecule has 1 saturated heterocycles. The van der Waals surface area contributed by atoms with Gasteiger partial charge < -0.3 is 24.6 Å². The van der Waals surface area contributed by atoms with E-state index in [0.29, 0.717) is 36.7 Å². The van der Waals surface area contributed by atoms with Crippen molar-refractivity contribution in [1.82, 2.24) is 4.90 Å². The van der Waals surface area contributed by atoms with Crippen molar-refractivity contribution in [2.75, 3.05) is 44.6 Å². The summed E-state index contributed by atoms with van der Waals surface area (Å²) in [6, 6.07) is 12.6. The molecule has 2 aromatic rings. The molecular weight excluding hydrogens is 358 g/mol. The van der Waals surface area contributed by atoms with Gasteiger partial charge in [0, 0.05) is 37.6 Å². The fourth-order valence-corrected chi connectivity index (χ4v) is 4.14. The van der Waals surface area contributed by atoms with E-state index < -0.39 is 5.41 Å². The quantitative estimate of drug-likeness (QED) is 0.888. The number of nitrogens with one attached hydrogen (secondary N) is 1. The molecule has 2 aliphatic heterocycles. The average Bonchev–Trinajstić information content (AvgIpc) is 3.26. The molecule has 2 aliphatic rings. The fourth-order valence-electron chi connectivity index (χ4n) is 4.14. The molecule has 0 radical (unpaired) electrons. The van der Waals surface area contributed by atoms with E-state index in [9.17, 15) is 9.59 Å². The third-order valence-corrected chi connectivity index (χ3v) is 5.67. The highest BCUT2D eigenvalue weighted by molar-refractivity contribution is 6.09. The number of fused-ring (bicyclic) bond motifs is 2. The van der Waals surface area contributed by atoms with Crippen LogP contribution < -0.4 is 19.7 Å². The third kappa shape index (κ3) is 2.74. The Morgan fingerprint density at radius 1 is 1.11 bits per heavy atom. The number of hydrogen-bond acceptors (Lipinski definition) is 4. The molecule has 146 valence electrons. The maximum absolute atomic E-state index is 13.1. The lowest BCUT2D eigenvalue weighted by molar-refractivity contribution is -0.122. The molecule has 2 aromatic carbocycles. The van der Waals surface area contributed by atoms with E-state index in [4.69, 9.17) is 9.47 Å². The second kappa shape index (κ2) is 6.74. The van der Waals surface area contributed by atoms with Gasteiger partial charge in [0.05, 0.1) is 19.6 Å². The van der Waals surface area contributed by atoms with E-state index in [2.05, 4.69) is 5.32 Å². The summed E-state index contributed by atoms with van der Waals surface area (Å²) in [7, 11) is 4.97. The standard InChI is InChI=1S/C21H23N3O4/c1-23-18-8-7-16(28-3)12-17(18)21(19(23)25)9-10-24(13-21)20(26)22-14-5-4-6-15(11-14)27-2/h4-8,11-12H,9-10,13H2,1-3H3,(H,22,26). The number of ether oxygens (including phenoxy) is 2. The molecule has 7 heteroatoms. The number of benzene rings is 2. The van der Waals surface area contributed by atoms with Crippen molar-refractivity contribution in [3.05, 3.63) is 48.0 Å². The summed E-state index contributed by atoms with van der Waals surface area (Å²) in [4.78, 5) is 29.3. The van der Waals surface area contributed by atoms with Crippen molar-refractivity contribution in [3.8, 4) is 11.5 Å². The smallest absolute Gasteiger partial charge is 0.321 e. The van der Waals surface area contributed by atoms with Gasteiger partial charge in [-0.15, -0.1) is 0 Å². The molecule has 3 amide bonds. The average molecular weight is 381 g/mol. The minimum absolute atomic E-state index is 0.0208. The van der Waals surface area contributed by atoms with Gasteiger partial charge in [-0.25, -0.2) is 4.79 Å². The van der Waals surface area contributed by atoms with Crippen LogP contribution in [0, 0.1) is 0 Å². The van der Waals surface area contributed by atoms with Crippen LogP contribution in [0.3, 0.4) is 0 Å². The fraction of sp³-hybridized carbons (Fsp3) is 0.333. The first-order valence-corrected chi connectivity index (χ1v) is 9.15. The van der Waals surface area contributed by atoms with E-state index in [1.807, 2.05) is 30.3 Å². The van der Waals surface area contributed by atoms with Gasteiger partial charge in [0.25, 0.3) is 0 Å². The lowest BCUT2D eigenvalue weighted by Gasteiger charge is -2.24. The molecular formula is C21H23N3O4. The summed E-state index contributed by atoms with van der Waals surface area (Å²) >= 11 is 0. The molecule has 28 heavy (non-hydrogen) atoms. The van der Waals surface area contributed by atoms with E-state index in [0.717, 1.165) is 11.3 Å². The third-order valence-electron chi connectivity index (χ3n) is 5.67. The largest absolute Gasteiger partial charge is 0.497 e. The van der Waals surface area contributed by atoms with Crippen LogP contribution in [0.1, 0.15) is 12.0 Å². The van der Waals surface area contributed by atoms with Gasteiger partial charge in [0.2, 0.25) is 5.91 Å². The number of methoxy groups -OCH3 is 2. The maximum Gasteiger partial charge on any atom is 0.321 e. The van der Waals surface area contributed by atoms with E-state index in [-0.39, 0.29) is 11.9 Å². The number of likely N-dealkylation sites (tertiary alicyclic amines) is 1. The number of amides is 3. The maximum atomic E-state index is 13.1. The summed E-state index contributed by atoms with van der Waals surface area (Å²) < 4.78 is 10.6. The van der Waals surface area contributed by atoms with Crippen LogP contribution in [0.5, 0.6) is 11.5 Å². The van der Waals surface area contributed by atoms with Crippen LogP contribution in [-0.2, 0) is 10.2 Å². The van der Waals surface area contributed by atoms with E-state index in [1.54, 1.807) is 43.2 Å². The monoisotopic (exact) mass is 381 g/mol. The van der Waals surface area contributed by atoms with Gasteiger partial charge in [0.1, 0.15) is 11.5 Å². The number of carbonyl (C=O) groups excluding carboxylic acids is 2. The predicted octanol–water partition coefficient (Wildman–Crippen LogP) is 2.86. The predicted molar refractivity (Wildman–Crippen MR) is 106 cm³/mol. The molecule has 0 aromatic heterocycles. The topological polar surface area (TPSA) is 71.1 Å². The highest BCUT2D eigenvalue weighted by Crippen LogP contribution is 2.48. The van der Waals surface area contributed by atoms with Crippen molar-refractivity contribution < 1.29 is 19.1 Å². The molecule has 1 spiro atoms. The van der Waals surface area contributed by atoms with Crippen LogP contribution in [-0.4, -0.2) is 51.2 Å². The van der Waals surface area contributed by atoms with Crippen molar-refractivity contribution in [3.63, 3.8) is 0 Å². The van der Waals surface area contributed by atoms with Gasteiger partial charge in [-0.2, -0.15) is 0 Å². The molecule has 1 unspecified atom stereocenters. The Morgan fingerprint density at radius 2 is 1.86 bits per heavy atom. The van der Waals surface area contributed by atoms with Gasteiger partial charge in [-0.05, 0) is 42.3 Å². The number of hydrogen-bond donors (Lipinski definition) is 1. The van der Waals surface area contributed by atoms with Crippen LogP contribution in [0.2, 0.25) is 0 Å². The zero-order valence-electron chi connectivity index (χ0n) is 16.2. The molecule has 7 nitrogen and oxygen atoms in total. The van der Waals surface area contributed by atoms with Crippen molar-refractivity contribution in [1.29, 1.82) is 0 Å². The second-order valence-corrected chi connectivity index (χ2v) is 7.16. The summed E-state index contributed by atoms with van der Waals surface area (Å²) in [5.41, 5.74) is 1.74. The van der Waals surface area contributed by atoms with Gasteiger partial charge in [-0.3, -0.25) is 4.79 Å². The highest BCUT2D eigenvalue weighted by Gasteiger charge is 2.54. The minimum Gasteiger partial charge on any atom is -0.497 e. The van der Waals surface area contributed by atoms with Crippen LogP contribution in [0.25, 0.3) is 0 Å². The molecule has 1 fully saturated rings. The number of urea groups is 1.